The standard InChI is InChI=1S/C55H39N5.C42H29BrN4.C13H10O/c1-2-18-41(19-3-1)57-48-22-8-10-24-50(48)58(51-25-11-9-23-49(51)57)44-34-36-45(37-35-44)60-54-28-14-12-26-52(54)59(53-27-13-15-29-55(53)60)43-32-30-42(31-33-43)56-46-20-6-4-16-39(46)38-40-17-5-7-21-47(40)56;43-30-22-24-32(25-23-30)45-39-18-8-10-20-41(39)47(42-21-11-9-19-40(42)45)34-28-26-33(27-29-34)46-37-16-6-4-14-35(37)44(31-12-2-1-3-13-31)36-15-5-7-17-38(36)46;1-3-7-12-10(5-1)9-11-6-2-4-8-13(11)14-12/h1-37H,38H2;1-29H;1-8H,9H2. The Balaban J connectivity index is 0.000000127. The van der Waals surface area contributed by atoms with Gasteiger partial charge in [0.05, 0.1) is 91.0 Å². The van der Waals surface area contributed by atoms with Crippen LogP contribution in [0.15, 0.2) is 453 Å². The van der Waals surface area contributed by atoms with Gasteiger partial charge in [-0.3, -0.25) is 0 Å². The molecule has 0 atom stereocenters. The zero-order valence-electron chi connectivity index (χ0n) is 65.9. The molecule has 121 heavy (non-hydrogen) atoms. The predicted octanol–water partition coefficient (Wildman–Crippen LogP) is 31.9. The fourth-order valence-electron chi connectivity index (χ4n) is 18.2. The first-order valence-corrected chi connectivity index (χ1v) is 41.9. The Morgan fingerprint density at radius 3 is 0.512 bits per heavy atom. The van der Waals surface area contributed by atoms with Crippen LogP contribution in [0, 0.1) is 0 Å². The molecule has 0 aromatic heterocycles. The number of hydrogen-bond acceptors (Lipinski definition) is 10. The zero-order chi connectivity index (χ0) is 80.3. The van der Waals surface area contributed by atoms with Crippen molar-refractivity contribution in [1.82, 2.24) is 0 Å². The van der Waals surface area contributed by atoms with Gasteiger partial charge in [-0.2, -0.15) is 0 Å². The van der Waals surface area contributed by atoms with Gasteiger partial charge in [-0.05, 0) is 265 Å². The number of anilines is 27. The second-order valence-electron chi connectivity index (χ2n) is 30.6. The number of hydrogen-bond donors (Lipinski definition) is 0. The maximum absolute atomic E-state index is 5.78. The molecule has 18 aromatic rings. The monoisotopic (exact) mass is 1620 g/mol. The third-order valence-electron chi connectivity index (χ3n) is 23.5. The lowest BCUT2D eigenvalue weighted by molar-refractivity contribution is 0.460. The highest BCUT2D eigenvalue weighted by atomic mass is 79.9. The first-order chi connectivity index (χ1) is 60.0. The molecule has 0 spiro atoms. The molecule has 6 aliphatic heterocycles. The minimum absolute atomic E-state index is 0.940. The molecule has 0 N–H and O–H groups in total. The molecule has 10 nitrogen and oxygen atoms in total. The Labute approximate surface area is 713 Å². The maximum atomic E-state index is 5.78. The Bertz CT molecular complexity index is 6580. The van der Waals surface area contributed by atoms with E-state index in [1.165, 1.54) is 33.6 Å². The lowest BCUT2D eigenvalue weighted by Crippen LogP contribution is -2.24. The summed E-state index contributed by atoms with van der Waals surface area (Å²) in [5.41, 5.74) is 35.9. The van der Waals surface area contributed by atoms with Crippen LogP contribution >= 0.6 is 15.9 Å². The molecule has 0 saturated heterocycles. The summed E-state index contributed by atoms with van der Waals surface area (Å²) in [4.78, 5) is 21.4. The average molecular weight is 1620 g/mol. The van der Waals surface area contributed by atoms with Crippen LogP contribution in [-0.2, 0) is 12.8 Å². The first kappa shape index (κ1) is 71.9. The molecule has 0 saturated carbocycles. The van der Waals surface area contributed by atoms with Crippen molar-refractivity contribution in [2.45, 2.75) is 12.8 Å². The van der Waals surface area contributed by atoms with Crippen molar-refractivity contribution < 1.29 is 4.74 Å². The predicted molar refractivity (Wildman–Crippen MR) is 506 cm³/mol. The van der Waals surface area contributed by atoms with Crippen molar-refractivity contribution in [2.75, 3.05) is 44.1 Å². The molecule has 0 bridgehead atoms. The first-order valence-electron chi connectivity index (χ1n) is 41.1. The Kier molecular flexibility index (Phi) is 18.3. The molecule has 0 aliphatic carbocycles. The molecular formula is C110H78BrN9O. The molecule has 0 fully saturated rings. The van der Waals surface area contributed by atoms with E-state index in [1.807, 2.05) is 24.3 Å². The van der Waals surface area contributed by atoms with Gasteiger partial charge >= 0.3 is 0 Å². The Hall–Kier alpha value is -15.6. The zero-order valence-corrected chi connectivity index (χ0v) is 67.5. The van der Waals surface area contributed by atoms with E-state index in [9.17, 15) is 0 Å². The van der Waals surface area contributed by atoms with Crippen molar-refractivity contribution in [3.05, 3.63) is 476 Å². The van der Waals surface area contributed by atoms with Crippen molar-refractivity contribution in [2.24, 2.45) is 0 Å². The Morgan fingerprint density at radius 1 is 0.140 bits per heavy atom. The maximum Gasteiger partial charge on any atom is 0.130 e. The summed E-state index contributed by atoms with van der Waals surface area (Å²) < 4.78 is 6.84. The lowest BCUT2D eigenvalue weighted by Gasteiger charge is -2.41. The van der Waals surface area contributed by atoms with Crippen LogP contribution in [0.2, 0.25) is 0 Å². The van der Waals surface area contributed by atoms with Crippen molar-refractivity contribution in [3.8, 4) is 11.5 Å². The summed E-state index contributed by atoms with van der Waals surface area (Å²) in [7, 11) is 0. The molecule has 24 rings (SSSR count). The van der Waals surface area contributed by atoms with Gasteiger partial charge < -0.3 is 48.8 Å². The third-order valence-corrected chi connectivity index (χ3v) is 24.0. The highest BCUT2D eigenvalue weighted by Crippen LogP contribution is 2.60. The van der Waals surface area contributed by atoms with E-state index in [4.69, 9.17) is 4.74 Å². The Morgan fingerprint density at radius 2 is 0.289 bits per heavy atom. The largest absolute Gasteiger partial charge is 0.457 e. The van der Waals surface area contributed by atoms with E-state index < -0.39 is 0 Å². The van der Waals surface area contributed by atoms with Crippen LogP contribution in [0.5, 0.6) is 11.5 Å². The van der Waals surface area contributed by atoms with E-state index in [-0.39, 0.29) is 0 Å². The third kappa shape index (κ3) is 12.8. The quantitative estimate of drug-likeness (QED) is 0.140. The van der Waals surface area contributed by atoms with E-state index in [2.05, 4.69) is 485 Å². The molecule has 0 unspecified atom stereocenters. The number of para-hydroxylation sites is 22. The second kappa shape index (κ2) is 30.8. The number of benzene rings is 18. The molecule has 0 amide bonds. The van der Waals surface area contributed by atoms with Crippen LogP contribution in [0.25, 0.3) is 0 Å². The number of halogens is 1. The van der Waals surface area contributed by atoms with Crippen LogP contribution in [0.3, 0.4) is 0 Å². The summed E-state index contributed by atoms with van der Waals surface area (Å²) in [6.45, 7) is 0. The number of ether oxygens (including phenoxy) is 1. The number of rotatable bonds is 9. The van der Waals surface area contributed by atoms with E-state index in [0.717, 1.165) is 171 Å². The van der Waals surface area contributed by atoms with E-state index in [0.29, 0.717) is 0 Å². The van der Waals surface area contributed by atoms with Crippen molar-refractivity contribution >= 4 is 169 Å². The fraction of sp³-hybridized carbons (Fsp3) is 0.0182. The molecule has 576 valence electrons. The smallest absolute Gasteiger partial charge is 0.130 e. The SMILES string of the molecule is Brc1ccc(N2c3ccccc3N(c3ccc(N4c5ccccc5N(c5ccccc5)c5ccccc54)cc3)c3ccccc32)cc1.c1ccc(N2c3ccccc3N(c3ccc(N4c5ccccc5N(c5ccc(N6c7ccccc7Cc7ccccc76)cc5)c5ccccc54)cc3)c3ccccc32)cc1.c1ccc2c(c1)Cc1ccccc1O2. The topological polar surface area (TPSA) is 38.4 Å². The molecule has 0 radical (unpaired) electrons. The molecule has 11 heteroatoms. The van der Waals surface area contributed by atoms with Gasteiger partial charge in [0.25, 0.3) is 0 Å². The average Bonchev–Trinajstić information content (AvgIpc) is 0.745. The summed E-state index contributed by atoms with van der Waals surface area (Å²) >= 11 is 3.61. The summed E-state index contributed by atoms with van der Waals surface area (Å²) in [5.74, 6) is 1.98. The minimum atomic E-state index is 0.940. The molecule has 18 aromatic carbocycles. The second-order valence-corrected chi connectivity index (χ2v) is 31.5. The fourth-order valence-corrected chi connectivity index (χ4v) is 18.5. The van der Waals surface area contributed by atoms with Gasteiger partial charge in [0.1, 0.15) is 11.5 Å². The van der Waals surface area contributed by atoms with Crippen molar-refractivity contribution in [1.29, 1.82) is 0 Å². The summed E-state index contributed by atoms with van der Waals surface area (Å²) in [5, 5.41) is 0. The normalized spacial score (nSPS) is 13.2. The summed E-state index contributed by atoms with van der Waals surface area (Å²) in [6, 6.07) is 160. The van der Waals surface area contributed by atoms with Gasteiger partial charge in [-0.1, -0.05) is 222 Å². The van der Waals surface area contributed by atoms with Crippen LogP contribution in [0.1, 0.15) is 22.3 Å². The summed E-state index contributed by atoms with van der Waals surface area (Å²) in [6.07, 6.45) is 1.92. The number of nitrogens with zero attached hydrogens (tertiary/aromatic N) is 9. The van der Waals surface area contributed by atoms with Crippen LogP contribution in [0.4, 0.5) is 154 Å². The van der Waals surface area contributed by atoms with Gasteiger partial charge in [0, 0.05) is 79.9 Å². The highest BCUT2D eigenvalue weighted by molar-refractivity contribution is 9.10. The molecular weight excluding hydrogens is 1540 g/mol. The van der Waals surface area contributed by atoms with Crippen LogP contribution in [-0.4, -0.2) is 0 Å². The van der Waals surface area contributed by atoms with Gasteiger partial charge in [0.2, 0.25) is 0 Å². The van der Waals surface area contributed by atoms with Gasteiger partial charge in [-0.15, -0.1) is 0 Å². The van der Waals surface area contributed by atoms with E-state index >= 15 is 0 Å². The molecule has 6 aliphatic rings. The van der Waals surface area contributed by atoms with Gasteiger partial charge in [-0.25, -0.2) is 0 Å². The van der Waals surface area contributed by atoms with E-state index in [1.54, 1.807) is 0 Å². The lowest BCUT2D eigenvalue weighted by atomic mass is 9.95. The highest BCUT2D eigenvalue weighted by Gasteiger charge is 2.37. The van der Waals surface area contributed by atoms with Crippen LogP contribution < -0.4 is 48.8 Å². The number of fused-ring (bicyclic) bond motifs is 12. The van der Waals surface area contributed by atoms with Gasteiger partial charge in [0.15, 0.2) is 0 Å². The minimum Gasteiger partial charge on any atom is -0.457 e. The van der Waals surface area contributed by atoms with Crippen molar-refractivity contribution in [3.63, 3.8) is 0 Å². The molecule has 6 heterocycles.